The lowest BCUT2D eigenvalue weighted by molar-refractivity contribution is -0.292. The summed E-state index contributed by atoms with van der Waals surface area (Å²) in [6, 6.07) is -0.262. The summed E-state index contributed by atoms with van der Waals surface area (Å²) in [4.78, 5) is 0. The molecule has 0 N–H and O–H groups in total. The van der Waals surface area contributed by atoms with Crippen molar-refractivity contribution in [3.05, 3.63) is 34.9 Å². The number of rotatable bonds is 4. The van der Waals surface area contributed by atoms with Crippen molar-refractivity contribution in [3.8, 4) is 0 Å². The van der Waals surface area contributed by atoms with Gasteiger partial charge in [-0.1, -0.05) is 12.1 Å². The van der Waals surface area contributed by atoms with Gasteiger partial charge in [-0.25, -0.2) is 5.11 Å². The Labute approximate surface area is 122 Å². The molecule has 131 valence electrons. The van der Waals surface area contributed by atoms with Gasteiger partial charge in [0.15, 0.2) is 0 Å². The largest absolute Gasteiger partial charge is 0.458 e. The number of alkyl halides is 10. The fourth-order valence-corrected chi connectivity index (χ4v) is 1.71. The van der Waals surface area contributed by atoms with Crippen LogP contribution in [-0.4, -0.2) is 19.0 Å². The summed E-state index contributed by atoms with van der Waals surface area (Å²) >= 11 is 0. The second kappa shape index (κ2) is 5.84. The van der Waals surface area contributed by atoms with Gasteiger partial charge in [-0.2, -0.15) is 43.9 Å². The van der Waals surface area contributed by atoms with Gasteiger partial charge in [-0.15, -0.1) is 0 Å². The minimum Gasteiger partial charge on any atom is -0.236 e. The summed E-state index contributed by atoms with van der Waals surface area (Å²) in [7, 11) is 0. The highest BCUT2D eigenvalue weighted by molar-refractivity contribution is 5.38. The molecule has 0 amide bonds. The number of benzene rings is 1. The second-order valence-electron chi connectivity index (χ2n) is 4.47. The Hall–Kier alpha value is -1.52. The summed E-state index contributed by atoms with van der Waals surface area (Å²) in [6.45, 7) is -1.16. The molecule has 0 saturated carbocycles. The molecule has 0 fully saturated rings. The highest BCUT2D eigenvalue weighted by atomic mass is 19.4. The van der Waals surface area contributed by atoms with Gasteiger partial charge < -0.3 is 0 Å². The Morgan fingerprint density at radius 2 is 1.22 bits per heavy atom. The third-order valence-electron chi connectivity index (χ3n) is 2.89. The Morgan fingerprint density at radius 3 is 1.61 bits per heavy atom. The topological polar surface area (TPSA) is 19.9 Å². The average molecular weight is 357 g/mol. The zero-order valence-corrected chi connectivity index (χ0v) is 10.8. The summed E-state index contributed by atoms with van der Waals surface area (Å²) < 4.78 is 127. The molecule has 1 aromatic rings. The molecule has 0 atom stereocenters. The quantitative estimate of drug-likeness (QED) is 0.679. The lowest BCUT2D eigenvalue weighted by Crippen LogP contribution is -2.37. The van der Waals surface area contributed by atoms with Gasteiger partial charge in [0.05, 0.1) is 6.61 Å². The Balaban J connectivity index is 3.58. The van der Waals surface area contributed by atoms with Crippen molar-refractivity contribution >= 4 is 0 Å². The van der Waals surface area contributed by atoms with Crippen molar-refractivity contribution in [1.82, 2.24) is 0 Å². The molecular weight excluding hydrogens is 350 g/mol. The van der Waals surface area contributed by atoms with Gasteiger partial charge in [-0.05, 0) is 18.1 Å². The molecule has 0 spiro atoms. The van der Waals surface area contributed by atoms with E-state index in [1.807, 2.05) is 0 Å². The van der Waals surface area contributed by atoms with E-state index in [4.69, 9.17) is 0 Å². The molecule has 0 heterocycles. The van der Waals surface area contributed by atoms with E-state index in [0.717, 1.165) is 0 Å². The van der Waals surface area contributed by atoms with Crippen molar-refractivity contribution in [2.75, 3.05) is 6.61 Å². The van der Waals surface area contributed by atoms with Crippen LogP contribution in [0.3, 0.4) is 0 Å². The Morgan fingerprint density at radius 1 is 0.739 bits per heavy atom. The first-order valence-corrected chi connectivity index (χ1v) is 5.77. The molecule has 0 aliphatic carbocycles. The van der Waals surface area contributed by atoms with Crippen LogP contribution in [0.1, 0.15) is 16.7 Å². The second-order valence-corrected chi connectivity index (χ2v) is 4.47. The van der Waals surface area contributed by atoms with Gasteiger partial charge in [0.25, 0.3) is 0 Å². The predicted octanol–water partition coefficient (Wildman–Crippen LogP) is 4.97. The molecule has 0 aliphatic rings. The van der Waals surface area contributed by atoms with Gasteiger partial charge in [0.1, 0.15) is 0 Å². The van der Waals surface area contributed by atoms with E-state index >= 15 is 0 Å². The summed E-state index contributed by atoms with van der Waals surface area (Å²) in [5.41, 5.74) is -5.12. The molecule has 1 radical (unpaired) electrons. The molecule has 1 aromatic carbocycles. The number of hydrogen-bond donors (Lipinski definition) is 0. The van der Waals surface area contributed by atoms with E-state index in [9.17, 15) is 49.0 Å². The van der Waals surface area contributed by atoms with Gasteiger partial charge >= 0.3 is 24.2 Å². The van der Waals surface area contributed by atoms with Crippen LogP contribution >= 0.6 is 0 Å². The number of halogens is 10. The fraction of sp³-hybridized carbons (Fsp3) is 0.500. The highest BCUT2D eigenvalue weighted by Crippen LogP contribution is 2.49. The molecule has 0 aromatic heterocycles. The molecule has 1 nitrogen and oxygen atoms in total. The van der Waals surface area contributed by atoms with Gasteiger partial charge in [0.2, 0.25) is 0 Å². The highest BCUT2D eigenvalue weighted by Gasteiger charge is 2.62. The van der Waals surface area contributed by atoms with Crippen LogP contribution in [-0.2, 0) is 23.4 Å². The zero-order valence-electron chi connectivity index (χ0n) is 10.8. The van der Waals surface area contributed by atoms with E-state index in [1.54, 1.807) is 0 Å². The molecule has 1 rings (SSSR count). The van der Waals surface area contributed by atoms with Crippen LogP contribution in [0, 0.1) is 0 Å². The molecule has 0 bridgehead atoms. The Bertz CT molecular complexity index is 558. The maximum absolute atomic E-state index is 13.4. The Kier molecular flexibility index (Phi) is 4.96. The van der Waals surface area contributed by atoms with Crippen molar-refractivity contribution in [2.24, 2.45) is 0 Å². The van der Waals surface area contributed by atoms with Crippen LogP contribution in [0.15, 0.2) is 18.2 Å². The maximum Gasteiger partial charge on any atom is 0.458 e. The van der Waals surface area contributed by atoms with E-state index in [2.05, 4.69) is 0 Å². The van der Waals surface area contributed by atoms with Crippen molar-refractivity contribution in [1.29, 1.82) is 0 Å². The standard InChI is InChI=1S/C12H7F10O/c13-9(14,11(17,18)19)7-2-1-6(3-4-23)8(5-7)10(15,16)12(20,21)22/h1-2,5H,3-4H2. The van der Waals surface area contributed by atoms with Gasteiger partial charge in [0, 0.05) is 11.1 Å². The summed E-state index contributed by atoms with van der Waals surface area (Å²) in [6.07, 6.45) is -13.3. The third kappa shape index (κ3) is 3.54. The van der Waals surface area contributed by atoms with Crippen LogP contribution < -0.4 is 0 Å². The zero-order chi connectivity index (χ0) is 18.3. The summed E-state index contributed by atoms with van der Waals surface area (Å²) in [5.74, 6) is -11.3. The van der Waals surface area contributed by atoms with E-state index in [0.29, 0.717) is 0 Å². The minimum atomic E-state index is -6.23. The number of hydrogen-bond acceptors (Lipinski definition) is 0. The van der Waals surface area contributed by atoms with Crippen LogP contribution in [0.25, 0.3) is 0 Å². The monoisotopic (exact) mass is 357 g/mol. The molecule has 11 heteroatoms. The van der Waals surface area contributed by atoms with Crippen molar-refractivity contribution < 1.29 is 49.0 Å². The van der Waals surface area contributed by atoms with E-state index < -0.39 is 60.0 Å². The minimum absolute atomic E-state index is 0.0639. The van der Waals surface area contributed by atoms with Crippen LogP contribution in [0.5, 0.6) is 0 Å². The smallest absolute Gasteiger partial charge is 0.236 e. The molecule has 0 aliphatic heterocycles. The maximum atomic E-state index is 13.4. The fourth-order valence-electron chi connectivity index (χ4n) is 1.71. The molecule has 0 unspecified atom stereocenters. The van der Waals surface area contributed by atoms with Crippen LogP contribution in [0.4, 0.5) is 43.9 Å². The van der Waals surface area contributed by atoms with E-state index in [-0.39, 0.29) is 12.1 Å². The first-order valence-electron chi connectivity index (χ1n) is 5.77. The summed E-state index contributed by atoms with van der Waals surface area (Å²) in [5, 5.41) is 10.4. The third-order valence-corrected chi connectivity index (χ3v) is 2.89. The predicted molar refractivity (Wildman–Crippen MR) is 55.6 cm³/mol. The van der Waals surface area contributed by atoms with E-state index in [1.165, 1.54) is 0 Å². The van der Waals surface area contributed by atoms with Crippen LogP contribution in [0.2, 0.25) is 0 Å². The molecule has 23 heavy (non-hydrogen) atoms. The lowest BCUT2D eigenvalue weighted by atomic mass is 9.94. The SMILES string of the molecule is [O]CCc1ccc(C(F)(F)C(F)(F)F)cc1C(F)(F)C(F)(F)F. The average Bonchev–Trinajstić information content (AvgIpc) is 2.36. The van der Waals surface area contributed by atoms with Gasteiger partial charge in [-0.3, -0.25) is 0 Å². The molecular formula is C12H7F10O. The first kappa shape index (κ1) is 19.5. The molecule has 0 saturated heterocycles. The normalized spacial score (nSPS) is 14.2. The lowest BCUT2D eigenvalue weighted by Gasteiger charge is -2.25. The first-order chi connectivity index (χ1) is 10.2. The van der Waals surface area contributed by atoms with Crippen molar-refractivity contribution in [3.63, 3.8) is 0 Å². The van der Waals surface area contributed by atoms with Crippen molar-refractivity contribution in [2.45, 2.75) is 30.6 Å².